The second-order valence-electron chi connectivity index (χ2n) is 9.19. The van der Waals surface area contributed by atoms with Gasteiger partial charge in [0.1, 0.15) is 11.9 Å². The van der Waals surface area contributed by atoms with Gasteiger partial charge in [-0.25, -0.2) is 4.98 Å². The number of nitrogens with one attached hydrogen (secondary N) is 3. The molecule has 1 aromatic heterocycles. The van der Waals surface area contributed by atoms with Crippen molar-refractivity contribution in [1.29, 1.82) is 10.7 Å². The van der Waals surface area contributed by atoms with Crippen LogP contribution in [0.15, 0.2) is 77.8 Å². The second kappa shape index (κ2) is 12.6. The van der Waals surface area contributed by atoms with Crippen molar-refractivity contribution in [2.24, 2.45) is 0 Å². The van der Waals surface area contributed by atoms with Crippen LogP contribution in [0.2, 0.25) is 0 Å². The number of nitriles is 1. The standard InChI is InChI=1S/C28H34N8OS/c1-5-20(8-7-19(3)37-4)16-36-23-10-24(36)18-35(17-23)27-15-31-26(14-32-27)25-9-22(34-38-6-2)13-33-28(25)21(11-29)12-30/h5,7-9,11,13-15,23-24,29,33-34H,1,6,10,16-18H2,2-4H3/b19-7+,20-8+,28-21+,29-11?. The molecule has 2 atom stereocenters. The SMILES string of the molecule is C=C/C(=C\C=C(/C)OC)CN1C2CC1CN(c1cnc(C3=CC(NSCC)=CN/C3=C(/C#N)C=N)cn1)C2. The first-order valence-corrected chi connectivity index (χ1v) is 13.6. The van der Waals surface area contributed by atoms with E-state index in [1.165, 1.54) is 12.0 Å². The van der Waals surface area contributed by atoms with E-state index in [0.29, 0.717) is 23.5 Å². The lowest BCUT2D eigenvalue weighted by atomic mass is 9.86. The third-order valence-corrected chi connectivity index (χ3v) is 7.54. The van der Waals surface area contributed by atoms with Gasteiger partial charge in [0, 0.05) is 55.5 Å². The van der Waals surface area contributed by atoms with Gasteiger partial charge in [0.15, 0.2) is 0 Å². The maximum atomic E-state index is 9.52. The van der Waals surface area contributed by atoms with Crippen LogP contribution < -0.4 is 14.9 Å². The van der Waals surface area contributed by atoms with Crippen molar-refractivity contribution in [3.05, 3.63) is 83.5 Å². The normalized spacial score (nSPS) is 22.7. The molecule has 0 amide bonds. The van der Waals surface area contributed by atoms with E-state index in [0.717, 1.165) is 54.4 Å². The maximum Gasteiger partial charge on any atom is 0.147 e. The Morgan fingerprint density at radius 3 is 2.74 bits per heavy atom. The van der Waals surface area contributed by atoms with Gasteiger partial charge in [-0.15, -0.1) is 0 Å². The number of piperidine rings is 1. The second-order valence-corrected chi connectivity index (χ2v) is 10.3. The van der Waals surface area contributed by atoms with Gasteiger partial charge in [-0.2, -0.15) is 5.26 Å². The maximum absolute atomic E-state index is 9.52. The summed E-state index contributed by atoms with van der Waals surface area (Å²) in [5.74, 6) is 2.62. The molecule has 4 aliphatic rings. The van der Waals surface area contributed by atoms with Gasteiger partial charge < -0.3 is 25.1 Å². The van der Waals surface area contributed by atoms with Gasteiger partial charge in [0.05, 0.1) is 47.9 Å². The first-order chi connectivity index (χ1) is 18.5. The van der Waals surface area contributed by atoms with Crippen molar-refractivity contribution in [3.8, 4) is 6.07 Å². The van der Waals surface area contributed by atoms with Crippen LogP contribution in [0.25, 0.3) is 5.57 Å². The van der Waals surface area contributed by atoms with Crippen LogP contribution in [0, 0.1) is 16.7 Å². The Morgan fingerprint density at radius 1 is 1.34 bits per heavy atom. The molecule has 5 heterocycles. The van der Waals surface area contributed by atoms with E-state index in [9.17, 15) is 5.26 Å². The summed E-state index contributed by atoms with van der Waals surface area (Å²) in [7, 11) is 1.67. The molecular formula is C28H34N8OS. The summed E-state index contributed by atoms with van der Waals surface area (Å²) in [6.07, 6.45) is 15.5. The van der Waals surface area contributed by atoms with Crippen molar-refractivity contribution < 1.29 is 4.74 Å². The van der Waals surface area contributed by atoms with Crippen molar-refractivity contribution >= 4 is 29.6 Å². The predicted molar refractivity (Wildman–Crippen MR) is 154 cm³/mol. The summed E-state index contributed by atoms with van der Waals surface area (Å²) >= 11 is 1.58. The molecule has 3 saturated heterocycles. The van der Waals surface area contributed by atoms with Crippen LogP contribution in [0.4, 0.5) is 5.82 Å². The minimum atomic E-state index is 0.234. The summed E-state index contributed by atoms with van der Waals surface area (Å²) in [4.78, 5) is 14.3. The van der Waals surface area contributed by atoms with E-state index in [2.05, 4.69) is 45.5 Å². The average molecular weight is 531 g/mol. The topological polar surface area (TPSA) is 113 Å². The zero-order valence-corrected chi connectivity index (χ0v) is 22.9. The first kappa shape index (κ1) is 27.2. The number of anilines is 1. The molecule has 198 valence electrons. The third-order valence-electron chi connectivity index (χ3n) is 6.87. The average Bonchev–Trinajstić information content (AvgIpc) is 2.97. The summed E-state index contributed by atoms with van der Waals surface area (Å²) in [5, 5.41) is 20.3. The summed E-state index contributed by atoms with van der Waals surface area (Å²) in [5.41, 5.74) is 4.18. The van der Waals surface area contributed by atoms with Crippen LogP contribution in [0.3, 0.4) is 0 Å². The minimum absolute atomic E-state index is 0.234. The number of hydrogen-bond donors (Lipinski definition) is 3. The van der Waals surface area contributed by atoms with Gasteiger partial charge in [-0.05, 0) is 31.1 Å². The van der Waals surface area contributed by atoms with Gasteiger partial charge in [-0.3, -0.25) is 9.88 Å². The highest BCUT2D eigenvalue weighted by Gasteiger charge is 2.44. The number of dihydropyridines is 1. The minimum Gasteiger partial charge on any atom is -0.501 e. The van der Waals surface area contributed by atoms with Gasteiger partial charge in [0.25, 0.3) is 0 Å². The highest BCUT2D eigenvalue weighted by molar-refractivity contribution is 7.97. The van der Waals surface area contributed by atoms with E-state index >= 15 is 0 Å². The van der Waals surface area contributed by atoms with E-state index in [1.54, 1.807) is 37.7 Å². The van der Waals surface area contributed by atoms with Crippen LogP contribution in [0.1, 0.15) is 26.0 Å². The molecule has 0 aliphatic carbocycles. The Bertz CT molecular complexity index is 1240. The molecule has 5 rings (SSSR count). The number of aromatic nitrogens is 2. The summed E-state index contributed by atoms with van der Waals surface area (Å²) < 4.78 is 8.51. The van der Waals surface area contributed by atoms with Crippen molar-refractivity contribution in [1.82, 2.24) is 24.9 Å². The highest BCUT2D eigenvalue weighted by Crippen LogP contribution is 2.35. The Hall–Kier alpha value is -3.81. The summed E-state index contributed by atoms with van der Waals surface area (Å²) in [6.45, 7) is 10.7. The van der Waals surface area contributed by atoms with Crippen LogP contribution in [0.5, 0.6) is 0 Å². The molecule has 9 nitrogen and oxygen atoms in total. The lowest BCUT2D eigenvalue weighted by Gasteiger charge is -2.56. The van der Waals surface area contributed by atoms with Crippen molar-refractivity contribution in [2.75, 3.05) is 37.4 Å². The molecule has 38 heavy (non-hydrogen) atoms. The molecule has 0 spiro atoms. The Labute approximate surface area is 229 Å². The van der Waals surface area contributed by atoms with E-state index in [-0.39, 0.29) is 5.57 Å². The fraction of sp³-hybridized carbons (Fsp3) is 0.357. The molecule has 3 N–H and O–H groups in total. The first-order valence-electron chi connectivity index (χ1n) is 12.6. The monoisotopic (exact) mass is 530 g/mol. The van der Waals surface area contributed by atoms with Crippen molar-refractivity contribution in [3.63, 3.8) is 0 Å². The van der Waals surface area contributed by atoms with Gasteiger partial charge in [0.2, 0.25) is 0 Å². The highest BCUT2D eigenvalue weighted by atomic mass is 32.2. The van der Waals surface area contributed by atoms with Gasteiger partial charge in [-0.1, -0.05) is 37.6 Å². The number of ether oxygens (including phenoxy) is 1. The molecule has 0 aromatic carbocycles. The fourth-order valence-electron chi connectivity index (χ4n) is 4.74. The lowest BCUT2D eigenvalue weighted by molar-refractivity contribution is 0.00881. The number of nitrogens with zero attached hydrogens (tertiary/aromatic N) is 5. The zero-order valence-electron chi connectivity index (χ0n) is 22.1. The lowest BCUT2D eigenvalue weighted by Crippen LogP contribution is -2.69. The molecule has 3 fully saturated rings. The quantitative estimate of drug-likeness (QED) is 0.129. The molecule has 2 bridgehead atoms. The largest absolute Gasteiger partial charge is 0.501 e. The number of allylic oxidation sites excluding steroid dienone is 6. The third kappa shape index (κ3) is 6.01. The van der Waals surface area contributed by atoms with Crippen molar-refractivity contribution in [2.45, 2.75) is 32.4 Å². The van der Waals surface area contributed by atoms with Crippen LogP contribution >= 0.6 is 11.9 Å². The molecule has 10 heteroatoms. The molecular weight excluding hydrogens is 496 g/mol. The van der Waals surface area contributed by atoms with E-state index in [1.807, 2.05) is 25.2 Å². The van der Waals surface area contributed by atoms with E-state index in [4.69, 9.17) is 20.1 Å². The van der Waals surface area contributed by atoms with E-state index < -0.39 is 0 Å². The van der Waals surface area contributed by atoms with Crippen LogP contribution in [-0.2, 0) is 4.74 Å². The molecule has 0 radical (unpaired) electrons. The molecule has 2 unspecified atom stereocenters. The van der Waals surface area contributed by atoms with Crippen LogP contribution in [-0.4, -0.2) is 65.7 Å². The summed E-state index contributed by atoms with van der Waals surface area (Å²) in [6, 6.07) is 3.02. The molecule has 1 aromatic rings. The molecule has 4 aliphatic heterocycles. The Morgan fingerprint density at radius 2 is 2.13 bits per heavy atom. The Kier molecular flexibility index (Phi) is 9.05. The number of rotatable bonds is 11. The molecule has 0 saturated carbocycles. The predicted octanol–water partition coefficient (Wildman–Crippen LogP) is 3.92. The zero-order chi connectivity index (χ0) is 27.1. The Balaban J connectivity index is 1.47. The fourth-order valence-corrected chi connectivity index (χ4v) is 5.17. The number of fused-ring (bicyclic) bond motifs is 2. The number of methoxy groups -OCH3 is 1. The van der Waals surface area contributed by atoms with Gasteiger partial charge >= 0.3 is 0 Å². The smallest absolute Gasteiger partial charge is 0.147 e. The number of hydrogen-bond acceptors (Lipinski definition) is 10. The number of piperazine rings is 1.